The summed E-state index contributed by atoms with van der Waals surface area (Å²) in [5.74, 6) is 3.56. The molecule has 2 unspecified atom stereocenters. The van der Waals surface area contributed by atoms with Gasteiger partial charge < -0.3 is 25.4 Å². The lowest BCUT2D eigenvalue weighted by atomic mass is 9.52. The van der Waals surface area contributed by atoms with Crippen LogP contribution in [0.5, 0.6) is 0 Å². The van der Waals surface area contributed by atoms with Crippen molar-refractivity contribution < 1.29 is 10.2 Å². The number of aryl methyl sites for hydroxylation is 1. The van der Waals surface area contributed by atoms with Crippen LogP contribution >= 0.6 is 0 Å². The molecule has 4 aliphatic carbocycles. The van der Waals surface area contributed by atoms with Crippen LogP contribution in [0.3, 0.4) is 0 Å². The average Bonchev–Trinajstić information content (AvgIpc) is 3.37. The fourth-order valence-electron chi connectivity index (χ4n) is 6.87. The molecule has 0 aromatic carbocycles. The summed E-state index contributed by atoms with van der Waals surface area (Å²) in [4.78, 5) is 9.80. The first-order valence-electron chi connectivity index (χ1n) is 12.2. The van der Waals surface area contributed by atoms with Gasteiger partial charge in [0, 0.05) is 24.0 Å². The van der Waals surface area contributed by atoms with Gasteiger partial charge in [0.1, 0.15) is 11.5 Å². The highest BCUT2D eigenvalue weighted by atomic mass is 16.3. The van der Waals surface area contributed by atoms with Gasteiger partial charge in [-0.3, -0.25) is 5.10 Å². The zero-order valence-electron chi connectivity index (χ0n) is 19.3. The number of H-pyrrole nitrogens is 1. The third-order valence-electron chi connectivity index (χ3n) is 8.14. The molecule has 176 valence electrons. The topological polar surface area (TPSA) is 124 Å². The third-order valence-corrected chi connectivity index (χ3v) is 8.14. The van der Waals surface area contributed by atoms with Gasteiger partial charge in [-0.1, -0.05) is 6.92 Å². The minimum absolute atomic E-state index is 0.0406. The minimum atomic E-state index is -0.464. The summed E-state index contributed by atoms with van der Waals surface area (Å²) in [5.41, 5.74) is 1.30. The van der Waals surface area contributed by atoms with Crippen molar-refractivity contribution in [2.75, 3.05) is 17.2 Å². The third kappa shape index (κ3) is 3.58. The van der Waals surface area contributed by atoms with E-state index in [-0.39, 0.29) is 18.7 Å². The first-order valence-corrected chi connectivity index (χ1v) is 12.2. The summed E-state index contributed by atoms with van der Waals surface area (Å²) in [6, 6.07) is 4.18. The predicted molar refractivity (Wildman–Crippen MR) is 126 cm³/mol. The molecule has 3 aromatic heterocycles. The van der Waals surface area contributed by atoms with E-state index in [9.17, 15) is 10.2 Å². The van der Waals surface area contributed by atoms with E-state index in [1.165, 1.54) is 12.8 Å². The van der Waals surface area contributed by atoms with Gasteiger partial charge in [0.05, 0.1) is 23.6 Å². The molecule has 9 heteroatoms. The summed E-state index contributed by atoms with van der Waals surface area (Å²) in [7, 11) is 0. The van der Waals surface area contributed by atoms with Crippen LogP contribution in [0.15, 0.2) is 18.3 Å². The predicted octanol–water partition coefficient (Wildman–Crippen LogP) is 3.50. The molecule has 3 aromatic rings. The number of aliphatic hydroxyl groups excluding tert-OH is 1. The Morgan fingerprint density at radius 2 is 2.03 bits per heavy atom. The maximum Gasteiger partial charge on any atom is 0.226 e. The van der Waals surface area contributed by atoms with Crippen molar-refractivity contribution in [3.05, 3.63) is 24.0 Å². The SMILES string of the molecule is CC[C@@H](CO)n1ccc2c(Nc3cc(C)[nH]n3)nc(NC3C4CC5CC3CC(O)(C5)C4)nc21. The highest BCUT2D eigenvalue weighted by Crippen LogP contribution is 2.56. The average molecular weight is 452 g/mol. The van der Waals surface area contributed by atoms with Crippen molar-refractivity contribution in [2.24, 2.45) is 17.8 Å². The number of aromatic amines is 1. The molecule has 0 aliphatic heterocycles. The molecule has 4 aliphatic rings. The monoisotopic (exact) mass is 451 g/mol. The van der Waals surface area contributed by atoms with E-state index in [1.54, 1.807) is 0 Å². The summed E-state index contributed by atoms with van der Waals surface area (Å²) in [5, 5.41) is 36.1. The Morgan fingerprint density at radius 3 is 2.67 bits per heavy atom. The second-order valence-electron chi connectivity index (χ2n) is 10.5. The van der Waals surface area contributed by atoms with E-state index in [1.807, 2.05) is 29.8 Å². The smallest absolute Gasteiger partial charge is 0.226 e. The van der Waals surface area contributed by atoms with Crippen molar-refractivity contribution in [3.63, 3.8) is 0 Å². The summed E-state index contributed by atoms with van der Waals surface area (Å²) in [6.07, 6.45) is 7.85. The number of nitrogens with one attached hydrogen (secondary N) is 3. The van der Waals surface area contributed by atoms with Crippen LogP contribution in [0.25, 0.3) is 11.0 Å². The maximum atomic E-state index is 11.0. The van der Waals surface area contributed by atoms with E-state index in [0.717, 1.165) is 42.4 Å². The van der Waals surface area contributed by atoms with Gasteiger partial charge in [-0.25, -0.2) is 0 Å². The molecule has 4 bridgehead atoms. The molecule has 3 atom stereocenters. The van der Waals surface area contributed by atoms with Crippen molar-refractivity contribution in [3.8, 4) is 0 Å². The van der Waals surface area contributed by atoms with Gasteiger partial charge in [-0.05, 0) is 69.3 Å². The zero-order chi connectivity index (χ0) is 22.7. The second-order valence-corrected chi connectivity index (χ2v) is 10.5. The van der Waals surface area contributed by atoms with Crippen molar-refractivity contribution >= 4 is 28.6 Å². The first kappa shape index (κ1) is 20.9. The molecule has 0 saturated heterocycles. The summed E-state index contributed by atoms with van der Waals surface area (Å²) >= 11 is 0. The van der Waals surface area contributed by atoms with E-state index < -0.39 is 5.60 Å². The Kier molecular flexibility index (Phi) is 4.88. The summed E-state index contributed by atoms with van der Waals surface area (Å²) in [6.45, 7) is 4.09. The fourth-order valence-corrected chi connectivity index (χ4v) is 6.87. The molecule has 0 radical (unpaired) electrons. The van der Waals surface area contributed by atoms with Gasteiger partial charge in [-0.2, -0.15) is 15.1 Å². The highest BCUT2D eigenvalue weighted by Gasteiger charge is 2.54. The van der Waals surface area contributed by atoms with Crippen molar-refractivity contribution in [2.45, 2.75) is 70.1 Å². The number of nitrogens with zero attached hydrogens (tertiary/aromatic N) is 4. The number of aromatic nitrogens is 5. The lowest BCUT2D eigenvalue weighted by Crippen LogP contribution is -2.59. The van der Waals surface area contributed by atoms with Crippen LogP contribution in [-0.2, 0) is 0 Å². The Morgan fingerprint density at radius 1 is 1.24 bits per heavy atom. The molecule has 9 nitrogen and oxygen atoms in total. The van der Waals surface area contributed by atoms with Gasteiger partial charge in [0.15, 0.2) is 5.82 Å². The molecule has 4 fully saturated rings. The second kappa shape index (κ2) is 7.70. The highest BCUT2D eigenvalue weighted by molar-refractivity contribution is 5.90. The largest absolute Gasteiger partial charge is 0.394 e. The molecule has 7 rings (SSSR count). The van der Waals surface area contributed by atoms with Crippen LogP contribution in [0.1, 0.15) is 57.2 Å². The van der Waals surface area contributed by atoms with Gasteiger partial charge in [0.2, 0.25) is 5.95 Å². The van der Waals surface area contributed by atoms with E-state index in [4.69, 9.17) is 9.97 Å². The van der Waals surface area contributed by atoms with Crippen LogP contribution in [-0.4, -0.2) is 53.2 Å². The van der Waals surface area contributed by atoms with Crippen LogP contribution in [0.4, 0.5) is 17.6 Å². The van der Waals surface area contributed by atoms with E-state index in [2.05, 4.69) is 27.8 Å². The number of aliphatic hydroxyl groups is 2. The Labute approximate surface area is 193 Å². The molecule has 5 N–H and O–H groups in total. The van der Waals surface area contributed by atoms with Crippen LogP contribution in [0, 0.1) is 24.7 Å². The number of anilines is 3. The number of rotatable bonds is 7. The molecule has 4 saturated carbocycles. The maximum absolute atomic E-state index is 11.0. The number of hydrogen-bond donors (Lipinski definition) is 5. The molecule has 33 heavy (non-hydrogen) atoms. The van der Waals surface area contributed by atoms with Crippen molar-refractivity contribution in [1.29, 1.82) is 0 Å². The van der Waals surface area contributed by atoms with Crippen LogP contribution in [0.2, 0.25) is 0 Å². The van der Waals surface area contributed by atoms with E-state index >= 15 is 0 Å². The quantitative estimate of drug-likeness (QED) is 0.372. The Bertz CT molecular complexity index is 1150. The molecular weight excluding hydrogens is 418 g/mol. The lowest BCUT2D eigenvalue weighted by Gasteiger charge is -2.58. The normalized spacial score (nSPS) is 31.3. The zero-order valence-corrected chi connectivity index (χ0v) is 19.3. The fraction of sp³-hybridized carbons (Fsp3) is 0.625. The molecule has 3 heterocycles. The minimum Gasteiger partial charge on any atom is -0.394 e. The van der Waals surface area contributed by atoms with Crippen molar-refractivity contribution in [1.82, 2.24) is 24.7 Å². The van der Waals surface area contributed by atoms with E-state index in [0.29, 0.717) is 35.3 Å². The molecule has 0 spiro atoms. The van der Waals surface area contributed by atoms with Crippen LogP contribution < -0.4 is 10.6 Å². The number of hydrogen-bond acceptors (Lipinski definition) is 7. The van der Waals surface area contributed by atoms with Gasteiger partial charge in [0.25, 0.3) is 0 Å². The molecular formula is C24H33N7O2. The van der Waals surface area contributed by atoms with Gasteiger partial charge >= 0.3 is 0 Å². The number of fused-ring (bicyclic) bond motifs is 1. The Hall–Kier alpha value is -2.65. The Balaban J connectivity index is 1.38. The molecule has 0 amide bonds. The standard InChI is InChI=1S/C24H33N7O2/c1-3-17(12-32)31-5-4-18-21(25-19-6-13(2)29-30-19)27-23(28-22(18)31)26-20-15-7-14-8-16(20)11-24(33,9-14)10-15/h4-6,14-17,20,32-33H,3,7-12H2,1-2H3,(H3,25,26,27,28,29,30)/t14?,15?,16?,17-,20?,24?/m0/s1. The first-order chi connectivity index (χ1) is 15.9. The summed E-state index contributed by atoms with van der Waals surface area (Å²) < 4.78 is 2.04. The lowest BCUT2D eigenvalue weighted by molar-refractivity contribution is -0.129. The van der Waals surface area contributed by atoms with Gasteiger partial charge in [-0.15, -0.1) is 0 Å².